The van der Waals surface area contributed by atoms with E-state index >= 15 is 0 Å². The predicted octanol–water partition coefficient (Wildman–Crippen LogP) is 4.02. The normalized spacial score (nSPS) is 19.7. The second-order valence-electron chi connectivity index (χ2n) is 4.09. The zero-order chi connectivity index (χ0) is 13.0. The summed E-state index contributed by atoms with van der Waals surface area (Å²) >= 11 is 0. The van der Waals surface area contributed by atoms with E-state index in [1.807, 2.05) is 30.3 Å². The molecule has 1 aliphatic carbocycles. The minimum Gasteiger partial charge on any atom is -0.369 e. The molecule has 1 aromatic rings. The second kappa shape index (κ2) is 5.40. The van der Waals surface area contributed by atoms with Crippen LogP contribution in [-0.2, 0) is 11.3 Å². The van der Waals surface area contributed by atoms with Crippen molar-refractivity contribution in [1.82, 2.24) is 0 Å². The molecule has 1 aliphatic rings. The van der Waals surface area contributed by atoms with Gasteiger partial charge < -0.3 is 4.74 Å². The monoisotopic (exact) mass is 254 g/mol. The van der Waals surface area contributed by atoms with Crippen molar-refractivity contribution in [3.63, 3.8) is 0 Å². The number of hydrogen-bond acceptors (Lipinski definition) is 1. The van der Waals surface area contributed by atoms with E-state index in [4.69, 9.17) is 4.74 Å². The Balaban J connectivity index is 1.85. The molecule has 18 heavy (non-hydrogen) atoms. The number of ether oxygens (including phenoxy) is 1. The Labute approximate surface area is 104 Å². The molecule has 0 saturated carbocycles. The SMILES string of the molecule is FC(F)(F)C1=CCC(OCc2ccccc2)C=C1. The molecule has 0 aromatic heterocycles. The molecule has 0 amide bonds. The molecule has 0 aliphatic heterocycles. The maximum atomic E-state index is 12.4. The Morgan fingerprint density at radius 3 is 2.44 bits per heavy atom. The summed E-state index contributed by atoms with van der Waals surface area (Å²) in [7, 11) is 0. The molecule has 1 aromatic carbocycles. The van der Waals surface area contributed by atoms with Crippen LogP contribution in [0.15, 0.2) is 54.1 Å². The van der Waals surface area contributed by atoms with E-state index in [1.165, 1.54) is 12.2 Å². The van der Waals surface area contributed by atoms with E-state index in [0.29, 0.717) is 6.61 Å². The highest BCUT2D eigenvalue weighted by Gasteiger charge is 2.32. The zero-order valence-electron chi connectivity index (χ0n) is 9.65. The van der Waals surface area contributed by atoms with Gasteiger partial charge in [-0.1, -0.05) is 48.6 Å². The van der Waals surface area contributed by atoms with Gasteiger partial charge in [-0.2, -0.15) is 13.2 Å². The fraction of sp³-hybridized carbons (Fsp3) is 0.286. The number of allylic oxidation sites excluding steroid dienone is 2. The smallest absolute Gasteiger partial charge is 0.369 e. The molecule has 0 bridgehead atoms. The van der Waals surface area contributed by atoms with Crippen LogP contribution >= 0.6 is 0 Å². The van der Waals surface area contributed by atoms with Crippen LogP contribution in [0.2, 0.25) is 0 Å². The predicted molar refractivity (Wildman–Crippen MR) is 62.9 cm³/mol. The van der Waals surface area contributed by atoms with Gasteiger partial charge in [-0.05, 0) is 12.0 Å². The summed E-state index contributed by atoms with van der Waals surface area (Å²) in [6.45, 7) is 0.408. The first-order chi connectivity index (χ1) is 8.55. The fourth-order valence-electron chi connectivity index (χ4n) is 1.71. The maximum absolute atomic E-state index is 12.4. The molecule has 0 heterocycles. The lowest BCUT2D eigenvalue weighted by atomic mass is 10.0. The lowest BCUT2D eigenvalue weighted by molar-refractivity contribution is -0.0890. The second-order valence-corrected chi connectivity index (χ2v) is 4.09. The Bertz CT molecular complexity index is 446. The maximum Gasteiger partial charge on any atom is 0.416 e. The van der Waals surface area contributed by atoms with Crippen molar-refractivity contribution < 1.29 is 17.9 Å². The van der Waals surface area contributed by atoms with Crippen molar-refractivity contribution in [3.05, 3.63) is 59.7 Å². The molecular weight excluding hydrogens is 241 g/mol. The van der Waals surface area contributed by atoms with Crippen LogP contribution in [0.3, 0.4) is 0 Å². The van der Waals surface area contributed by atoms with Crippen molar-refractivity contribution in [2.24, 2.45) is 0 Å². The number of halogens is 3. The Morgan fingerprint density at radius 1 is 1.17 bits per heavy atom. The Kier molecular flexibility index (Phi) is 3.87. The van der Waals surface area contributed by atoms with E-state index < -0.39 is 11.7 Å². The standard InChI is InChI=1S/C14H13F3O/c15-14(16,17)12-6-8-13(9-7-12)18-10-11-4-2-1-3-5-11/h1-8,13H,9-10H2. The molecule has 1 atom stereocenters. The van der Waals surface area contributed by atoms with Crippen molar-refractivity contribution in [3.8, 4) is 0 Å². The topological polar surface area (TPSA) is 9.23 Å². The van der Waals surface area contributed by atoms with Gasteiger partial charge in [0.25, 0.3) is 0 Å². The summed E-state index contributed by atoms with van der Waals surface area (Å²) in [5, 5.41) is 0. The van der Waals surface area contributed by atoms with E-state index in [0.717, 1.165) is 11.6 Å². The average molecular weight is 254 g/mol. The van der Waals surface area contributed by atoms with Crippen LogP contribution in [-0.4, -0.2) is 12.3 Å². The summed E-state index contributed by atoms with van der Waals surface area (Å²) < 4.78 is 42.6. The van der Waals surface area contributed by atoms with Gasteiger partial charge in [-0.15, -0.1) is 0 Å². The summed E-state index contributed by atoms with van der Waals surface area (Å²) in [5.74, 6) is 0. The van der Waals surface area contributed by atoms with Gasteiger partial charge in [0, 0.05) is 0 Å². The van der Waals surface area contributed by atoms with E-state index in [-0.39, 0.29) is 12.5 Å². The highest BCUT2D eigenvalue weighted by molar-refractivity contribution is 5.28. The van der Waals surface area contributed by atoms with Gasteiger partial charge in [0.2, 0.25) is 0 Å². The quantitative estimate of drug-likeness (QED) is 0.791. The van der Waals surface area contributed by atoms with Crippen LogP contribution in [0.25, 0.3) is 0 Å². The molecule has 96 valence electrons. The first kappa shape index (κ1) is 12.9. The number of benzene rings is 1. The lowest BCUT2D eigenvalue weighted by Crippen LogP contribution is -2.17. The number of hydrogen-bond donors (Lipinski definition) is 0. The lowest BCUT2D eigenvalue weighted by Gasteiger charge is -2.18. The molecule has 2 rings (SSSR count). The Hall–Kier alpha value is -1.55. The largest absolute Gasteiger partial charge is 0.416 e. The minimum atomic E-state index is -4.26. The first-order valence-electron chi connectivity index (χ1n) is 5.67. The van der Waals surface area contributed by atoms with Gasteiger partial charge in [-0.25, -0.2) is 0 Å². The first-order valence-corrected chi connectivity index (χ1v) is 5.67. The zero-order valence-corrected chi connectivity index (χ0v) is 9.65. The minimum absolute atomic E-state index is 0.262. The molecular formula is C14H13F3O. The molecule has 1 unspecified atom stereocenters. The fourth-order valence-corrected chi connectivity index (χ4v) is 1.71. The third kappa shape index (κ3) is 3.47. The third-order valence-corrected chi connectivity index (χ3v) is 2.69. The summed E-state index contributed by atoms with van der Waals surface area (Å²) in [5.41, 5.74) is 0.415. The van der Waals surface area contributed by atoms with Crippen molar-refractivity contribution >= 4 is 0 Å². The van der Waals surface area contributed by atoms with Crippen molar-refractivity contribution in [2.45, 2.75) is 25.3 Å². The summed E-state index contributed by atoms with van der Waals surface area (Å²) in [6, 6.07) is 9.55. The Morgan fingerprint density at radius 2 is 1.89 bits per heavy atom. The molecule has 0 fully saturated rings. The average Bonchev–Trinajstić information content (AvgIpc) is 2.37. The van der Waals surface area contributed by atoms with E-state index in [2.05, 4.69) is 0 Å². The van der Waals surface area contributed by atoms with Crippen LogP contribution in [0.5, 0.6) is 0 Å². The number of rotatable bonds is 3. The highest BCUT2D eigenvalue weighted by atomic mass is 19.4. The molecule has 0 spiro atoms. The van der Waals surface area contributed by atoms with Crippen LogP contribution in [0.4, 0.5) is 13.2 Å². The highest BCUT2D eigenvalue weighted by Crippen LogP contribution is 2.30. The molecule has 1 nitrogen and oxygen atoms in total. The van der Waals surface area contributed by atoms with E-state index in [9.17, 15) is 13.2 Å². The summed E-state index contributed by atoms with van der Waals surface area (Å²) in [6.07, 6.45) is -0.559. The molecule has 0 radical (unpaired) electrons. The van der Waals surface area contributed by atoms with Crippen LogP contribution < -0.4 is 0 Å². The summed E-state index contributed by atoms with van der Waals surface area (Å²) in [4.78, 5) is 0. The van der Waals surface area contributed by atoms with Crippen LogP contribution in [0, 0.1) is 0 Å². The van der Waals surface area contributed by atoms with Gasteiger partial charge in [0.1, 0.15) is 0 Å². The van der Waals surface area contributed by atoms with Crippen molar-refractivity contribution in [2.75, 3.05) is 0 Å². The molecule has 4 heteroatoms. The van der Waals surface area contributed by atoms with Gasteiger partial charge in [-0.3, -0.25) is 0 Å². The van der Waals surface area contributed by atoms with Gasteiger partial charge in [0.15, 0.2) is 0 Å². The molecule has 0 saturated heterocycles. The third-order valence-electron chi connectivity index (χ3n) is 2.69. The molecule has 0 N–H and O–H groups in total. The van der Waals surface area contributed by atoms with E-state index in [1.54, 1.807) is 0 Å². The number of alkyl halides is 3. The van der Waals surface area contributed by atoms with Crippen molar-refractivity contribution in [1.29, 1.82) is 0 Å². The van der Waals surface area contributed by atoms with Gasteiger partial charge in [0.05, 0.1) is 18.3 Å². The van der Waals surface area contributed by atoms with Gasteiger partial charge >= 0.3 is 6.18 Å². The van der Waals surface area contributed by atoms with Crippen LogP contribution in [0.1, 0.15) is 12.0 Å².